The fraction of sp³-hybridized carbons (Fsp3) is 0.609. The van der Waals surface area contributed by atoms with E-state index in [-0.39, 0.29) is 5.56 Å². The minimum absolute atomic E-state index is 0.0229. The first-order valence-electron chi connectivity index (χ1n) is 12.1. The predicted octanol–water partition coefficient (Wildman–Crippen LogP) is 4.12. The third-order valence-electron chi connectivity index (χ3n) is 6.21. The molecule has 3 heterocycles. The number of halogens is 6. The van der Waals surface area contributed by atoms with Crippen LogP contribution in [-0.4, -0.2) is 72.5 Å². The highest BCUT2D eigenvalue weighted by Gasteiger charge is 2.38. The lowest BCUT2D eigenvalue weighted by Gasteiger charge is -2.31. The summed E-state index contributed by atoms with van der Waals surface area (Å²) in [7, 11) is 0. The summed E-state index contributed by atoms with van der Waals surface area (Å²) in [5.74, 6) is -4.89. The first kappa shape index (κ1) is 31.8. The number of aliphatic carboxylic acids is 2. The van der Waals surface area contributed by atoms with Crippen molar-refractivity contribution in [3.8, 4) is 0 Å². The topological polar surface area (TPSA) is 141 Å². The molecule has 0 bridgehead atoms. The summed E-state index contributed by atoms with van der Waals surface area (Å²) >= 11 is 0. The number of hydrogen-bond donors (Lipinski definition) is 3. The summed E-state index contributed by atoms with van der Waals surface area (Å²) in [6.45, 7) is 2.92. The van der Waals surface area contributed by atoms with E-state index < -0.39 is 24.3 Å². The van der Waals surface area contributed by atoms with Crippen molar-refractivity contribution < 1.29 is 46.1 Å². The van der Waals surface area contributed by atoms with Gasteiger partial charge in [0.15, 0.2) is 0 Å². The Morgan fingerprint density at radius 2 is 1.49 bits per heavy atom. The normalized spacial score (nSPS) is 17.4. The second-order valence-electron chi connectivity index (χ2n) is 9.13. The SMILES string of the molecule is O=C(O)C(F)(F)F.O=C(O)C(F)(F)F.O=c1cc(CN2CCC(n3cc(C4CCCCC4)nn3)CC2)cc[nH]1. The van der Waals surface area contributed by atoms with E-state index >= 15 is 0 Å². The average molecular weight is 570 g/mol. The molecular weight excluding hydrogens is 540 g/mol. The summed E-state index contributed by atoms with van der Waals surface area (Å²) in [6, 6.07) is 4.14. The van der Waals surface area contributed by atoms with Crippen LogP contribution in [0.1, 0.15) is 68.2 Å². The van der Waals surface area contributed by atoms with Gasteiger partial charge in [0.25, 0.3) is 0 Å². The van der Waals surface area contributed by atoms with Gasteiger partial charge in [0.05, 0.1) is 11.7 Å². The number of rotatable bonds is 4. The van der Waals surface area contributed by atoms with Gasteiger partial charge in [-0.25, -0.2) is 14.3 Å². The largest absolute Gasteiger partial charge is 0.490 e. The Kier molecular flexibility index (Phi) is 11.5. The molecule has 218 valence electrons. The van der Waals surface area contributed by atoms with Crippen molar-refractivity contribution in [3.63, 3.8) is 0 Å². The van der Waals surface area contributed by atoms with Gasteiger partial charge < -0.3 is 15.2 Å². The molecule has 0 amide bonds. The van der Waals surface area contributed by atoms with Crippen molar-refractivity contribution in [2.24, 2.45) is 0 Å². The second kappa shape index (κ2) is 14.1. The molecule has 0 radical (unpaired) electrons. The molecule has 3 N–H and O–H groups in total. The fourth-order valence-electron chi connectivity index (χ4n) is 4.24. The van der Waals surface area contributed by atoms with E-state index in [1.165, 1.54) is 37.8 Å². The molecule has 1 saturated carbocycles. The minimum Gasteiger partial charge on any atom is -0.475 e. The maximum absolute atomic E-state index is 11.4. The van der Waals surface area contributed by atoms with Crippen LogP contribution in [0.4, 0.5) is 26.3 Å². The molecule has 39 heavy (non-hydrogen) atoms. The fourth-order valence-corrected chi connectivity index (χ4v) is 4.24. The molecule has 2 fully saturated rings. The van der Waals surface area contributed by atoms with Crippen LogP contribution in [0.2, 0.25) is 0 Å². The van der Waals surface area contributed by atoms with Crippen LogP contribution in [0.3, 0.4) is 0 Å². The Morgan fingerprint density at radius 1 is 0.949 bits per heavy atom. The molecule has 10 nitrogen and oxygen atoms in total. The van der Waals surface area contributed by atoms with Gasteiger partial charge in [0.2, 0.25) is 5.56 Å². The number of alkyl halides is 6. The molecular formula is C23H29F6N5O5. The van der Waals surface area contributed by atoms with Crippen molar-refractivity contribution in [1.82, 2.24) is 24.9 Å². The smallest absolute Gasteiger partial charge is 0.475 e. The molecule has 0 spiro atoms. The van der Waals surface area contributed by atoms with Crippen LogP contribution in [0.25, 0.3) is 0 Å². The summed E-state index contributed by atoms with van der Waals surface area (Å²) in [5.41, 5.74) is 2.26. The van der Waals surface area contributed by atoms with Gasteiger partial charge in [0, 0.05) is 44.0 Å². The Bertz CT molecular complexity index is 1100. The first-order chi connectivity index (χ1) is 18.2. The van der Waals surface area contributed by atoms with Crippen LogP contribution in [0.15, 0.2) is 29.3 Å². The van der Waals surface area contributed by atoms with Crippen LogP contribution in [-0.2, 0) is 16.1 Å². The highest BCUT2D eigenvalue weighted by molar-refractivity contribution is 5.73. The third-order valence-corrected chi connectivity index (χ3v) is 6.21. The number of carboxylic acid groups (broad SMARTS) is 2. The molecule has 0 atom stereocenters. The van der Waals surface area contributed by atoms with E-state index in [1.807, 2.05) is 6.07 Å². The maximum Gasteiger partial charge on any atom is 0.490 e. The number of H-pyrrole nitrogens is 1. The highest BCUT2D eigenvalue weighted by atomic mass is 19.4. The van der Waals surface area contributed by atoms with Gasteiger partial charge in [-0.15, -0.1) is 5.10 Å². The minimum atomic E-state index is -5.08. The summed E-state index contributed by atoms with van der Waals surface area (Å²) in [6.07, 6.45) is 2.53. The Labute approximate surface area is 218 Å². The van der Waals surface area contributed by atoms with Gasteiger partial charge in [0.1, 0.15) is 0 Å². The lowest BCUT2D eigenvalue weighted by molar-refractivity contribution is -0.193. The van der Waals surface area contributed by atoms with E-state index in [9.17, 15) is 31.1 Å². The number of pyridine rings is 1. The summed E-state index contributed by atoms with van der Waals surface area (Å²) < 4.78 is 65.6. The number of carbonyl (C=O) groups is 2. The standard InChI is InChI=1S/C19H27N5O.2C2HF3O2/c25-19-12-15(6-9-20-19)13-23-10-7-17(8-11-23)24-14-18(21-22-24)16-4-2-1-3-5-16;2*3-2(4,5)1(6)7/h6,9,12,14,16-17H,1-5,7-8,10-11,13H2,(H,20,25);2*(H,6,7). The molecule has 16 heteroatoms. The van der Waals surface area contributed by atoms with Crippen LogP contribution >= 0.6 is 0 Å². The Hall–Kier alpha value is -3.43. The number of piperidine rings is 1. The first-order valence-corrected chi connectivity index (χ1v) is 12.1. The lowest BCUT2D eigenvalue weighted by Crippen LogP contribution is -2.34. The van der Waals surface area contributed by atoms with Crippen molar-refractivity contribution in [3.05, 3.63) is 46.1 Å². The van der Waals surface area contributed by atoms with Gasteiger partial charge in [-0.2, -0.15) is 26.3 Å². The van der Waals surface area contributed by atoms with Crippen molar-refractivity contribution >= 4 is 11.9 Å². The van der Waals surface area contributed by atoms with Crippen molar-refractivity contribution in [1.29, 1.82) is 0 Å². The molecule has 2 aliphatic rings. The number of hydrogen-bond acceptors (Lipinski definition) is 6. The van der Waals surface area contributed by atoms with Gasteiger partial charge in [-0.3, -0.25) is 9.69 Å². The Balaban J connectivity index is 0.000000317. The molecule has 1 saturated heterocycles. The van der Waals surface area contributed by atoms with Crippen molar-refractivity contribution in [2.75, 3.05) is 13.1 Å². The number of carboxylic acids is 2. The van der Waals surface area contributed by atoms with E-state index in [0.29, 0.717) is 12.0 Å². The summed E-state index contributed by atoms with van der Waals surface area (Å²) in [5, 5.41) is 23.2. The zero-order valence-corrected chi connectivity index (χ0v) is 20.7. The molecule has 1 aliphatic heterocycles. The molecule has 0 aromatic carbocycles. The number of likely N-dealkylation sites (tertiary alicyclic amines) is 1. The zero-order chi connectivity index (χ0) is 29.2. The second-order valence-corrected chi connectivity index (χ2v) is 9.13. The number of nitrogens with one attached hydrogen (secondary N) is 1. The number of nitrogens with zero attached hydrogens (tertiary/aromatic N) is 4. The maximum atomic E-state index is 11.4. The number of aromatic nitrogens is 4. The van der Waals surface area contributed by atoms with Gasteiger partial charge in [-0.1, -0.05) is 24.5 Å². The molecule has 1 aliphatic carbocycles. The van der Waals surface area contributed by atoms with Crippen LogP contribution in [0.5, 0.6) is 0 Å². The lowest BCUT2D eigenvalue weighted by atomic mass is 9.87. The van der Waals surface area contributed by atoms with Crippen molar-refractivity contribution in [2.45, 2.75) is 75.8 Å². The quantitative estimate of drug-likeness (QED) is 0.467. The number of aromatic amines is 1. The molecule has 2 aromatic rings. The zero-order valence-electron chi connectivity index (χ0n) is 20.7. The third kappa shape index (κ3) is 11.1. The van der Waals surface area contributed by atoms with E-state index in [1.54, 1.807) is 12.3 Å². The van der Waals surface area contributed by atoms with E-state index in [4.69, 9.17) is 19.8 Å². The monoisotopic (exact) mass is 569 g/mol. The average Bonchev–Trinajstić information content (AvgIpc) is 3.35. The molecule has 4 rings (SSSR count). The van der Waals surface area contributed by atoms with Crippen LogP contribution < -0.4 is 5.56 Å². The van der Waals surface area contributed by atoms with Gasteiger partial charge >= 0.3 is 24.3 Å². The predicted molar refractivity (Wildman–Crippen MR) is 124 cm³/mol. The summed E-state index contributed by atoms with van der Waals surface area (Å²) in [4.78, 5) is 34.3. The highest BCUT2D eigenvalue weighted by Crippen LogP contribution is 2.32. The van der Waals surface area contributed by atoms with E-state index in [0.717, 1.165) is 38.0 Å². The molecule has 0 unspecified atom stereocenters. The van der Waals surface area contributed by atoms with Crippen LogP contribution in [0, 0.1) is 0 Å². The molecule has 2 aromatic heterocycles. The van der Waals surface area contributed by atoms with E-state index in [2.05, 4.69) is 31.1 Å². The Morgan fingerprint density at radius 3 is 1.97 bits per heavy atom. The van der Waals surface area contributed by atoms with Gasteiger partial charge in [-0.05, 0) is 37.3 Å².